The zero-order chi connectivity index (χ0) is 17.7. The van der Waals surface area contributed by atoms with Gasteiger partial charge in [0.2, 0.25) is 0 Å². The second-order valence-corrected chi connectivity index (χ2v) is 5.94. The van der Waals surface area contributed by atoms with Crippen molar-refractivity contribution in [1.82, 2.24) is 0 Å². The van der Waals surface area contributed by atoms with Crippen LogP contribution in [0.2, 0.25) is 0 Å². The Hall–Kier alpha value is -0.790. The summed E-state index contributed by atoms with van der Waals surface area (Å²) in [6, 6.07) is 0. The lowest BCUT2D eigenvalue weighted by atomic mass is 9.97. The fraction of sp³-hybridized carbons (Fsp3) is 0.824. The Labute approximate surface area is 138 Å². The van der Waals surface area contributed by atoms with Gasteiger partial charge in [-0.15, -0.1) is 6.58 Å². The molecule has 5 N–H and O–H groups in total. The van der Waals surface area contributed by atoms with Crippen molar-refractivity contribution >= 4 is 5.78 Å². The molecule has 6 nitrogen and oxygen atoms in total. The molecule has 0 aliphatic carbocycles. The van der Waals surface area contributed by atoms with Gasteiger partial charge < -0.3 is 25.5 Å². The van der Waals surface area contributed by atoms with Crippen LogP contribution in [-0.2, 0) is 4.79 Å². The average molecular weight is 332 g/mol. The lowest BCUT2D eigenvalue weighted by Crippen LogP contribution is -2.48. The summed E-state index contributed by atoms with van der Waals surface area (Å²) < 4.78 is 0. The Balaban J connectivity index is 3.78. The Kier molecular flexibility index (Phi) is 13.2. The van der Waals surface area contributed by atoms with Gasteiger partial charge in [-0.2, -0.15) is 0 Å². The highest BCUT2D eigenvalue weighted by atomic mass is 16.4. The predicted octanol–water partition coefficient (Wildman–Crippen LogP) is 0.688. The minimum absolute atomic E-state index is 0.122. The summed E-state index contributed by atoms with van der Waals surface area (Å²) in [5.41, 5.74) is 0. The van der Waals surface area contributed by atoms with Crippen molar-refractivity contribution in [2.24, 2.45) is 0 Å². The molecule has 0 rings (SSSR count). The predicted molar refractivity (Wildman–Crippen MR) is 87.9 cm³/mol. The molecule has 0 aromatic carbocycles. The monoisotopic (exact) mass is 332 g/mol. The standard InChI is InChI=1S/C17H32O6/c1-2-3-4-5-6-7-8-9-10-11-13(19)15(21)17(23)16(22)14(20)12-18/h2,14-18,20-23H,1,3-12H2/t14-,15+,16-,17-/m1/s1. The van der Waals surface area contributed by atoms with Gasteiger partial charge in [-0.05, 0) is 19.3 Å². The zero-order valence-corrected chi connectivity index (χ0v) is 13.8. The maximum absolute atomic E-state index is 11.7. The third-order valence-electron chi connectivity index (χ3n) is 3.92. The van der Waals surface area contributed by atoms with E-state index in [9.17, 15) is 25.2 Å². The Bertz CT molecular complexity index is 320. The number of rotatable bonds is 15. The second-order valence-electron chi connectivity index (χ2n) is 5.94. The molecule has 4 atom stereocenters. The SMILES string of the molecule is C=CCCCCCCCCCC(=O)[C@H](O)[C@@H](O)[C@H](O)[C@H](O)CO. The molecule has 0 radical (unpaired) electrons. The number of hydrogen-bond donors (Lipinski definition) is 5. The number of unbranched alkanes of at least 4 members (excludes halogenated alkanes) is 7. The van der Waals surface area contributed by atoms with Crippen molar-refractivity contribution in [2.75, 3.05) is 6.61 Å². The van der Waals surface area contributed by atoms with Crippen LogP contribution in [0.3, 0.4) is 0 Å². The first-order valence-corrected chi connectivity index (χ1v) is 8.42. The topological polar surface area (TPSA) is 118 Å². The number of carbonyl (C=O) groups excluding carboxylic acids is 1. The van der Waals surface area contributed by atoms with Gasteiger partial charge >= 0.3 is 0 Å². The highest BCUT2D eigenvalue weighted by Crippen LogP contribution is 2.12. The van der Waals surface area contributed by atoms with E-state index in [1.807, 2.05) is 6.08 Å². The van der Waals surface area contributed by atoms with E-state index in [-0.39, 0.29) is 6.42 Å². The van der Waals surface area contributed by atoms with Crippen LogP contribution in [0.5, 0.6) is 0 Å². The van der Waals surface area contributed by atoms with E-state index in [1.54, 1.807) is 0 Å². The maximum atomic E-state index is 11.7. The van der Waals surface area contributed by atoms with Crippen LogP contribution in [0.4, 0.5) is 0 Å². The van der Waals surface area contributed by atoms with Crippen LogP contribution in [0.25, 0.3) is 0 Å². The number of allylic oxidation sites excluding steroid dienone is 1. The highest BCUT2D eigenvalue weighted by molar-refractivity contribution is 5.83. The fourth-order valence-corrected chi connectivity index (χ4v) is 2.33. The molecular weight excluding hydrogens is 300 g/mol. The minimum Gasteiger partial charge on any atom is -0.394 e. The number of ketones is 1. The van der Waals surface area contributed by atoms with Crippen LogP contribution >= 0.6 is 0 Å². The molecule has 0 saturated carbocycles. The molecular formula is C17H32O6. The van der Waals surface area contributed by atoms with Crippen LogP contribution < -0.4 is 0 Å². The normalized spacial score (nSPS) is 16.6. The van der Waals surface area contributed by atoms with Gasteiger partial charge in [-0.1, -0.05) is 38.2 Å². The van der Waals surface area contributed by atoms with Gasteiger partial charge in [0.25, 0.3) is 0 Å². The Morgan fingerprint density at radius 2 is 1.39 bits per heavy atom. The van der Waals surface area contributed by atoms with Gasteiger partial charge in [-0.3, -0.25) is 4.79 Å². The molecule has 0 aliphatic heterocycles. The van der Waals surface area contributed by atoms with Gasteiger partial charge in [0.1, 0.15) is 24.4 Å². The molecule has 0 spiro atoms. The van der Waals surface area contributed by atoms with E-state index in [0.29, 0.717) is 6.42 Å². The van der Waals surface area contributed by atoms with E-state index >= 15 is 0 Å². The summed E-state index contributed by atoms with van der Waals surface area (Å²) in [4.78, 5) is 11.7. The van der Waals surface area contributed by atoms with Gasteiger partial charge in [0.15, 0.2) is 5.78 Å². The van der Waals surface area contributed by atoms with Crippen molar-refractivity contribution in [3.8, 4) is 0 Å². The molecule has 0 fully saturated rings. The van der Waals surface area contributed by atoms with Crippen molar-refractivity contribution < 1.29 is 30.3 Å². The van der Waals surface area contributed by atoms with Crippen molar-refractivity contribution in [3.63, 3.8) is 0 Å². The Morgan fingerprint density at radius 1 is 0.870 bits per heavy atom. The van der Waals surface area contributed by atoms with Crippen LogP contribution in [-0.4, -0.2) is 62.3 Å². The van der Waals surface area contributed by atoms with Crippen LogP contribution in [0.1, 0.15) is 57.8 Å². The summed E-state index contributed by atoms with van der Waals surface area (Å²) in [5, 5.41) is 46.6. The quantitative estimate of drug-likeness (QED) is 0.222. The molecule has 0 heterocycles. The third-order valence-corrected chi connectivity index (χ3v) is 3.92. The number of hydrogen-bond acceptors (Lipinski definition) is 6. The van der Waals surface area contributed by atoms with E-state index < -0.39 is 36.8 Å². The summed E-state index contributed by atoms with van der Waals surface area (Å²) in [6.07, 6.45) is 3.32. The first-order valence-electron chi connectivity index (χ1n) is 8.42. The first-order chi connectivity index (χ1) is 11.0. The maximum Gasteiger partial charge on any atom is 0.164 e. The lowest BCUT2D eigenvalue weighted by molar-refractivity contribution is -0.147. The van der Waals surface area contributed by atoms with E-state index in [4.69, 9.17) is 5.11 Å². The van der Waals surface area contributed by atoms with E-state index in [0.717, 1.165) is 38.5 Å². The molecule has 6 heteroatoms. The fourth-order valence-electron chi connectivity index (χ4n) is 2.33. The van der Waals surface area contributed by atoms with Gasteiger partial charge in [0.05, 0.1) is 6.61 Å². The first kappa shape index (κ1) is 22.2. The number of Topliss-reactive ketones (excluding diaryl/α,β-unsaturated/α-hetero) is 1. The van der Waals surface area contributed by atoms with Gasteiger partial charge in [0, 0.05) is 6.42 Å². The number of aliphatic hydroxyl groups is 5. The Morgan fingerprint density at radius 3 is 1.91 bits per heavy atom. The molecule has 0 bridgehead atoms. The average Bonchev–Trinajstić information content (AvgIpc) is 2.57. The van der Waals surface area contributed by atoms with Crippen molar-refractivity contribution in [3.05, 3.63) is 12.7 Å². The summed E-state index contributed by atoms with van der Waals surface area (Å²) >= 11 is 0. The number of aliphatic hydroxyl groups excluding tert-OH is 5. The molecule has 0 aromatic heterocycles. The molecule has 136 valence electrons. The largest absolute Gasteiger partial charge is 0.394 e. The second kappa shape index (κ2) is 13.6. The summed E-state index contributed by atoms with van der Waals surface area (Å²) in [7, 11) is 0. The minimum atomic E-state index is -1.80. The lowest BCUT2D eigenvalue weighted by Gasteiger charge is -2.24. The van der Waals surface area contributed by atoms with E-state index in [1.165, 1.54) is 6.42 Å². The highest BCUT2D eigenvalue weighted by Gasteiger charge is 2.33. The summed E-state index contributed by atoms with van der Waals surface area (Å²) in [5.74, 6) is -0.562. The van der Waals surface area contributed by atoms with Gasteiger partial charge in [-0.25, -0.2) is 0 Å². The number of carbonyl (C=O) groups is 1. The zero-order valence-electron chi connectivity index (χ0n) is 13.8. The van der Waals surface area contributed by atoms with Crippen LogP contribution in [0.15, 0.2) is 12.7 Å². The van der Waals surface area contributed by atoms with E-state index in [2.05, 4.69) is 6.58 Å². The summed E-state index contributed by atoms with van der Waals surface area (Å²) in [6.45, 7) is 2.92. The third kappa shape index (κ3) is 9.84. The van der Waals surface area contributed by atoms with Crippen molar-refractivity contribution in [1.29, 1.82) is 0 Å². The van der Waals surface area contributed by atoms with Crippen LogP contribution in [0, 0.1) is 0 Å². The molecule has 0 aromatic rings. The van der Waals surface area contributed by atoms with Crippen molar-refractivity contribution in [2.45, 2.75) is 82.2 Å². The molecule has 0 saturated heterocycles. The smallest absolute Gasteiger partial charge is 0.164 e. The molecule has 0 unspecified atom stereocenters. The molecule has 0 amide bonds. The molecule has 23 heavy (non-hydrogen) atoms. The molecule has 0 aliphatic rings.